The zero-order valence-corrected chi connectivity index (χ0v) is 10.2. The van der Waals surface area contributed by atoms with Crippen molar-refractivity contribution in [2.45, 2.75) is 37.7 Å². The molecule has 1 aliphatic carbocycles. The van der Waals surface area contributed by atoms with Crippen LogP contribution in [0.25, 0.3) is 0 Å². The summed E-state index contributed by atoms with van der Waals surface area (Å²) in [5.41, 5.74) is 1.03. The number of nitrogens with zero attached hydrogens (tertiary/aromatic N) is 2. The molecule has 1 aliphatic heterocycles. The van der Waals surface area contributed by atoms with Crippen molar-refractivity contribution in [3.05, 3.63) is 16.1 Å². The summed E-state index contributed by atoms with van der Waals surface area (Å²) in [6.07, 6.45) is 4.28. The maximum absolute atomic E-state index is 5.75. The van der Waals surface area contributed by atoms with Crippen LogP contribution in [0.5, 0.6) is 0 Å². The van der Waals surface area contributed by atoms with Crippen molar-refractivity contribution in [3.63, 3.8) is 0 Å². The highest BCUT2D eigenvalue weighted by Gasteiger charge is 2.37. The molecule has 0 radical (unpaired) electrons. The van der Waals surface area contributed by atoms with Crippen molar-refractivity contribution < 1.29 is 0 Å². The second kappa shape index (κ2) is 4.04. The average molecular weight is 243 g/mol. The fourth-order valence-corrected chi connectivity index (χ4v) is 3.92. The Kier molecular flexibility index (Phi) is 2.71. The van der Waals surface area contributed by atoms with Gasteiger partial charge in [0.05, 0.1) is 18.1 Å². The monoisotopic (exact) mass is 242 g/mol. The van der Waals surface area contributed by atoms with E-state index < -0.39 is 0 Å². The van der Waals surface area contributed by atoms with E-state index in [1.54, 1.807) is 11.3 Å². The van der Waals surface area contributed by atoms with Crippen LogP contribution < -0.4 is 0 Å². The van der Waals surface area contributed by atoms with Crippen LogP contribution >= 0.6 is 22.9 Å². The van der Waals surface area contributed by atoms with Crippen LogP contribution in [0.1, 0.15) is 30.0 Å². The molecule has 2 unspecified atom stereocenters. The Morgan fingerprint density at radius 3 is 3.07 bits per heavy atom. The van der Waals surface area contributed by atoms with E-state index >= 15 is 0 Å². The van der Waals surface area contributed by atoms with Crippen LogP contribution in [-0.4, -0.2) is 22.5 Å². The minimum Gasteiger partial charge on any atom is -0.293 e. The van der Waals surface area contributed by atoms with Crippen LogP contribution in [-0.2, 0) is 12.4 Å². The third-order valence-electron chi connectivity index (χ3n) is 3.60. The van der Waals surface area contributed by atoms with E-state index in [9.17, 15) is 0 Å². The van der Waals surface area contributed by atoms with Gasteiger partial charge in [-0.1, -0.05) is 0 Å². The molecular weight excluding hydrogens is 228 g/mol. The number of alkyl halides is 1. The topological polar surface area (TPSA) is 16.1 Å². The van der Waals surface area contributed by atoms with E-state index in [4.69, 9.17) is 11.6 Å². The van der Waals surface area contributed by atoms with Crippen LogP contribution in [0.15, 0.2) is 5.38 Å². The van der Waals surface area contributed by atoms with Gasteiger partial charge in [-0.05, 0) is 25.2 Å². The molecule has 2 fully saturated rings. The first-order chi connectivity index (χ1) is 7.35. The first-order valence-corrected chi connectivity index (χ1v) is 7.00. The van der Waals surface area contributed by atoms with E-state index in [0.29, 0.717) is 5.88 Å². The van der Waals surface area contributed by atoms with Crippen molar-refractivity contribution >= 4 is 22.9 Å². The van der Waals surface area contributed by atoms with Gasteiger partial charge in [0.15, 0.2) is 0 Å². The first-order valence-electron chi connectivity index (χ1n) is 5.58. The number of aromatic nitrogens is 1. The van der Waals surface area contributed by atoms with Crippen LogP contribution in [0.4, 0.5) is 0 Å². The maximum Gasteiger partial charge on any atom is 0.107 e. The van der Waals surface area contributed by atoms with Gasteiger partial charge in [-0.25, -0.2) is 4.98 Å². The normalized spacial score (nSPS) is 30.2. The molecule has 82 valence electrons. The number of hydrogen-bond donors (Lipinski definition) is 0. The predicted molar refractivity (Wildman–Crippen MR) is 63.2 cm³/mol. The highest BCUT2D eigenvalue weighted by molar-refractivity contribution is 7.09. The molecular formula is C11H15ClN2S. The second-order valence-corrected chi connectivity index (χ2v) is 5.84. The molecule has 15 heavy (non-hydrogen) atoms. The number of fused-ring (bicyclic) bond motifs is 2. The molecule has 4 heteroatoms. The molecule has 2 atom stereocenters. The highest BCUT2D eigenvalue weighted by atomic mass is 35.5. The van der Waals surface area contributed by atoms with Crippen molar-refractivity contribution in [1.82, 2.24) is 9.88 Å². The first kappa shape index (κ1) is 10.1. The lowest BCUT2D eigenvalue weighted by Gasteiger charge is -2.25. The van der Waals surface area contributed by atoms with Crippen LogP contribution in [0.3, 0.4) is 0 Å². The Balaban J connectivity index is 1.65. The van der Waals surface area contributed by atoms with Crippen LogP contribution in [0.2, 0.25) is 0 Å². The second-order valence-electron chi connectivity index (χ2n) is 4.63. The summed E-state index contributed by atoms with van der Waals surface area (Å²) < 4.78 is 0. The fourth-order valence-electron chi connectivity index (χ4n) is 2.88. The van der Waals surface area contributed by atoms with Gasteiger partial charge >= 0.3 is 0 Å². The van der Waals surface area contributed by atoms with Gasteiger partial charge in [0.2, 0.25) is 0 Å². The number of rotatable bonds is 3. The number of thiazole rings is 1. The van der Waals surface area contributed by atoms with Gasteiger partial charge in [-0.2, -0.15) is 0 Å². The summed E-state index contributed by atoms with van der Waals surface area (Å²) in [5, 5.41) is 3.31. The average Bonchev–Trinajstić information content (AvgIpc) is 2.92. The molecule has 1 aromatic rings. The van der Waals surface area contributed by atoms with Crippen molar-refractivity contribution in [2.24, 2.45) is 5.92 Å². The number of piperidine rings is 1. The van der Waals surface area contributed by atoms with E-state index in [1.807, 2.05) is 0 Å². The predicted octanol–water partition coefficient (Wildman–Crippen LogP) is 2.87. The number of likely N-dealkylation sites (tertiary alicyclic amines) is 1. The molecule has 2 aliphatic rings. The van der Waals surface area contributed by atoms with Crippen LogP contribution in [0, 0.1) is 5.92 Å². The molecule has 0 amide bonds. The molecule has 0 aromatic carbocycles. The Morgan fingerprint density at radius 1 is 1.53 bits per heavy atom. The van der Waals surface area contributed by atoms with E-state index in [1.165, 1.54) is 30.8 Å². The fraction of sp³-hybridized carbons (Fsp3) is 0.727. The Hall–Kier alpha value is -0.120. The summed E-state index contributed by atoms with van der Waals surface area (Å²) >= 11 is 7.50. The molecule has 2 heterocycles. The SMILES string of the molecule is ClCc1csc(CN2CC3CCC2C3)n1. The molecule has 1 aromatic heterocycles. The van der Waals surface area contributed by atoms with Gasteiger partial charge < -0.3 is 0 Å². The summed E-state index contributed by atoms with van der Waals surface area (Å²) in [4.78, 5) is 7.12. The zero-order chi connectivity index (χ0) is 10.3. The molecule has 1 saturated carbocycles. The molecule has 0 N–H and O–H groups in total. The van der Waals surface area contributed by atoms with E-state index in [0.717, 1.165) is 24.2 Å². The molecule has 0 spiro atoms. The Bertz CT molecular complexity index is 352. The summed E-state index contributed by atoms with van der Waals surface area (Å²) in [6, 6.07) is 0.846. The maximum atomic E-state index is 5.75. The van der Waals surface area contributed by atoms with Gasteiger partial charge in [0.25, 0.3) is 0 Å². The lowest BCUT2D eigenvalue weighted by Crippen LogP contribution is -2.31. The lowest BCUT2D eigenvalue weighted by molar-refractivity contribution is 0.205. The minimum absolute atomic E-state index is 0.544. The number of halogens is 1. The molecule has 3 rings (SSSR count). The molecule has 1 saturated heterocycles. The lowest BCUT2D eigenvalue weighted by atomic mass is 10.1. The van der Waals surface area contributed by atoms with E-state index in [-0.39, 0.29) is 0 Å². The molecule has 2 nitrogen and oxygen atoms in total. The van der Waals surface area contributed by atoms with Crippen molar-refractivity contribution in [1.29, 1.82) is 0 Å². The van der Waals surface area contributed by atoms with Crippen molar-refractivity contribution in [3.8, 4) is 0 Å². The van der Waals surface area contributed by atoms with Gasteiger partial charge in [-0.3, -0.25) is 4.90 Å². The summed E-state index contributed by atoms with van der Waals surface area (Å²) in [5.74, 6) is 1.52. The van der Waals surface area contributed by atoms with Gasteiger partial charge in [0.1, 0.15) is 5.01 Å². The summed E-state index contributed by atoms with van der Waals surface area (Å²) in [7, 11) is 0. The third-order valence-corrected chi connectivity index (χ3v) is 4.75. The Labute approximate surface area is 99.3 Å². The number of hydrogen-bond acceptors (Lipinski definition) is 3. The quantitative estimate of drug-likeness (QED) is 0.758. The van der Waals surface area contributed by atoms with E-state index in [2.05, 4.69) is 15.3 Å². The standard InChI is InChI=1S/C11H15ClN2S/c12-4-9-7-15-11(13-9)6-14-5-8-1-2-10(14)3-8/h7-8,10H,1-6H2. The summed E-state index contributed by atoms with van der Waals surface area (Å²) in [6.45, 7) is 2.34. The smallest absolute Gasteiger partial charge is 0.107 e. The zero-order valence-electron chi connectivity index (χ0n) is 8.66. The van der Waals surface area contributed by atoms with Gasteiger partial charge in [-0.15, -0.1) is 22.9 Å². The minimum atomic E-state index is 0.544. The Morgan fingerprint density at radius 2 is 2.47 bits per heavy atom. The highest BCUT2D eigenvalue weighted by Crippen LogP contribution is 2.38. The largest absolute Gasteiger partial charge is 0.293 e. The third kappa shape index (κ3) is 1.93. The molecule has 2 bridgehead atoms. The van der Waals surface area contributed by atoms with Crippen molar-refractivity contribution in [2.75, 3.05) is 6.54 Å². The van der Waals surface area contributed by atoms with Gasteiger partial charge in [0, 0.05) is 18.0 Å².